The Hall–Kier alpha value is -1.55. The molecule has 0 saturated heterocycles. The number of esters is 1. The minimum absolute atomic E-state index is 0.140. The van der Waals surface area contributed by atoms with Crippen LogP contribution in [0.15, 0.2) is 0 Å². The lowest BCUT2D eigenvalue weighted by Gasteiger charge is -2.12. The van der Waals surface area contributed by atoms with E-state index in [1.54, 1.807) is 0 Å². The highest BCUT2D eigenvalue weighted by Gasteiger charge is 2.31. The van der Waals surface area contributed by atoms with Gasteiger partial charge < -0.3 is 36.3 Å². The van der Waals surface area contributed by atoms with Crippen molar-refractivity contribution in [2.75, 3.05) is 19.8 Å². The van der Waals surface area contributed by atoms with Gasteiger partial charge in [0.15, 0.2) is 12.2 Å². The number of carboxylic acid groups (broad SMARTS) is 1. The molecule has 9 nitrogen and oxygen atoms in total. The van der Waals surface area contributed by atoms with Gasteiger partial charge in [-0.05, 0) is 25.6 Å². The number of nitrogens with one attached hydrogen (secondary N) is 1. The van der Waals surface area contributed by atoms with Crippen molar-refractivity contribution in [3.63, 3.8) is 0 Å². The SMILES string of the molecule is N=CCCCN.O=C(O)C(O)C(O)C(=O)OCCCO. The number of carbonyl (C=O) groups excluding carboxylic acids is 1. The van der Waals surface area contributed by atoms with Crippen LogP contribution in [-0.2, 0) is 14.3 Å². The molecule has 0 amide bonds. The summed E-state index contributed by atoms with van der Waals surface area (Å²) in [6.45, 7) is 0.374. The number of nitrogens with two attached hydrogens (primary N) is 1. The maximum absolute atomic E-state index is 10.8. The second-order valence-electron chi connectivity index (χ2n) is 3.61. The number of ether oxygens (including phenoxy) is 1. The first kappa shape index (κ1) is 20.8. The van der Waals surface area contributed by atoms with E-state index in [0.29, 0.717) is 6.54 Å². The van der Waals surface area contributed by atoms with E-state index in [-0.39, 0.29) is 19.6 Å². The Morgan fingerprint density at radius 1 is 1.25 bits per heavy atom. The van der Waals surface area contributed by atoms with Crippen molar-refractivity contribution in [2.45, 2.75) is 31.5 Å². The largest absolute Gasteiger partial charge is 0.479 e. The zero-order valence-corrected chi connectivity index (χ0v) is 11.1. The lowest BCUT2D eigenvalue weighted by Crippen LogP contribution is -2.40. The smallest absolute Gasteiger partial charge is 0.338 e. The van der Waals surface area contributed by atoms with Crippen molar-refractivity contribution in [1.82, 2.24) is 0 Å². The van der Waals surface area contributed by atoms with Crippen molar-refractivity contribution in [2.24, 2.45) is 5.73 Å². The number of hydrogen-bond acceptors (Lipinski definition) is 8. The van der Waals surface area contributed by atoms with Crippen LogP contribution in [-0.4, -0.2) is 70.5 Å². The number of hydrogen-bond donors (Lipinski definition) is 6. The van der Waals surface area contributed by atoms with Gasteiger partial charge in [0.2, 0.25) is 0 Å². The van der Waals surface area contributed by atoms with E-state index in [9.17, 15) is 9.59 Å². The fourth-order valence-corrected chi connectivity index (χ4v) is 0.807. The quantitative estimate of drug-likeness (QED) is 0.162. The molecule has 7 N–H and O–H groups in total. The van der Waals surface area contributed by atoms with Crippen molar-refractivity contribution in [3.8, 4) is 0 Å². The van der Waals surface area contributed by atoms with E-state index in [2.05, 4.69) is 4.74 Å². The predicted octanol–water partition coefficient (Wildman–Crippen LogP) is -1.91. The fourth-order valence-electron chi connectivity index (χ4n) is 0.807. The van der Waals surface area contributed by atoms with Crippen molar-refractivity contribution < 1.29 is 34.8 Å². The third kappa shape index (κ3) is 11.5. The molecular weight excluding hydrogens is 272 g/mol. The molecule has 9 heteroatoms. The Balaban J connectivity index is 0. The molecule has 0 aliphatic heterocycles. The molecule has 0 radical (unpaired) electrons. The van der Waals surface area contributed by atoms with Gasteiger partial charge in [-0.3, -0.25) is 0 Å². The second kappa shape index (κ2) is 13.9. The molecule has 0 fully saturated rings. The average molecular weight is 294 g/mol. The fraction of sp³-hybridized carbons (Fsp3) is 0.727. The first-order valence-corrected chi connectivity index (χ1v) is 5.97. The Labute approximate surface area is 116 Å². The van der Waals surface area contributed by atoms with Gasteiger partial charge in [-0.2, -0.15) is 0 Å². The van der Waals surface area contributed by atoms with Crippen LogP contribution < -0.4 is 5.73 Å². The van der Waals surface area contributed by atoms with Crippen LogP contribution in [0.1, 0.15) is 19.3 Å². The number of aliphatic carboxylic acids is 1. The molecular formula is C11H22N2O7. The van der Waals surface area contributed by atoms with Crippen molar-refractivity contribution in [1.29, 1.82) is 5.41 Å². The monoisotopic (exact) mass is 294 g/mol. The van der Waals surface area contributed by atoms with Crippen molar-refractivity contribution in [3.05, 3.63) is 0 Å². The Morgan fingerprint density at radius 2 is 1.85 bits per heavy atom. The minimum Gasteiger partial charge on any atom is -0.479 e. The minimum atomic E-state index is -2.20. The summed E-state index contributed by atoms with van der Waals surface area (Å²) in [4.78, 5) is 20.9. The average Bonchev–Trinajstić information content (AvgIpc) is 2.44. The van der Waals surface area contributed by atoms with Gasteiger partial charge in [-0.15, -0.1) is 0 Å². The Bertz CT molecular complexity index is 286. The van der Waals surface area contributed by atoms with Crippen LogP contribution in [0.2, 0.25) is 0 Å². The zero-order valence-electron chi connectivity index (χ0n) is 11.1. The third-order valence-corrected chi connectivity index (χ3v) is 1.89. The molecule has 118 valence electrons. The third-order valence-electron chi connectivity index (χ3n) is 1.89. The summed E-state index contributed by atoms with van der Waals surface area (Å²) in [7, 11) is 0. The molecule has 0 saturated carbocycles. The van der Waals surface area contributed by atoms with Gasteiger partial charge in [-0.25, -0.2) is 9.59 Å². The topological polar surface area (TPSA) is 174 Å². The molecule has 0 aromatic rings. The van der Waals surface area contributed by atoms with E-state index in [0.717, 1.165) is 12.8 Å². The molecule has 0 heterocycles. The van der Waals surface area contributed by atoms with Gasteiger partial charge in [0.05, 0.1) is 6.61 Å². The highest BCUT2D eigenvalue weighted by atomic mass is 16.6. The molecule has 0 bridgehead atoms. The predicted molar refractivity (Wildman–Crippen MR) is 69.4 cm³/mol. The number of aliphatic hydroxyl groups is 3. The van der Waals surface area contributed by atoms with E-state index < -0.39 is 24.1 Å². The Morgan fingerprint density at radius 3 is 2.20 bits per heavy atom. The van der Waals surface area contributed by atoms with E-state index in [4.69, 9.17) is 31.6 Å². The molecule has 0 aromatic heterocycles. The van der Waals surface area contributed by atoms with Crippen LogP contribution in [0, 0.1) is 5.41 Å². The molecule has 0 aliphatic carbocycles. The summed E-state index contributed by atoms with van der Waals surface area (Å²) >= 11 is 0. The van der Waals surface area contributed by atoms with E-state index in [1.807, 2.05) is 0 Å². The van der Waals surface area contributed by atoms with Gasteiger partial charge in [0.1, 0.15) is 0 Å². The second-order valence-corrected chi connectivity index (χ2v) is 3.61. The maximum Gasteiger partial charge on any atom is 0.338 e. The van der Waals surface area contributed by atoms with E-state index >= 15 is 0 Å². The number of carboxylic acids is 1. The normalized spacial score (nSPS) is 12.6. The summed E-state index contributed by atoms with van der Waals surface area (Å²) < 4.78 is 4.34. The lowest BCUT2D eigenvalue weighted by molar-refractivity contribution is -0.169. The van der Waals surface area contributed by atoms with Crippen LogP contribution in [0.3, 0.4) is 0 Å². The number of rotatable bonds is 9. The molecule has 20 heavy (non-hydrogen) atoms. The zero-order chi connectivity index (χ0) is 16.0. The molecule has 0 aliphatic rings. The first-order chi connectivity index (χ1) is 9.42. The number of carbonyl (C=O) groups is 2. The van der Waals surface area contributed by atoms with Crippen molar-refractivity contribution >= 4 is 18.2 Å². The summed E-state index contributed by atoms with van der Waals surface area (Å²) in [5.74, 6) is -2.94. The van der Waals surface area contributed by atoms with Gasteiger partial charge in [-0.1, -0.05) is 0 Å². The summed E-state index contributed by atoms with van der Waals surface area (Å²) in [5, 5.41) is 40.7. The number of unbranched alkanes of at least 4 members (excludes halogenated alkanes) is 1. The van der Waals surface area contributed by atoms with E-state index in [1.165, 1.54) is 6.21 Å². The summed E-state index contributed by atoms with van der Waals surface area (Å²) in [6.07, 6.45) is -0.961. The molecule has 2 atom stereocenters. The highest BCUT2D eigenvalue weighted by Crippen LogP contribution is 1.97. The van der Waals surface area contributed by atoms with Crippen LogP contribution in [0.25, 0.3) is 0 Å². The standard InChI is InChI=1S/C7H12O7.C4H10N2/c8-2-1-3-14-7(13)5(10)4(9)6(11)12;5-3-1-2-4-6/h4-5,8-10H,1-3H2,(H,11,12);3,5H,1-2,4,6H2. The lowest BCUT2D eigenvalue weighted by atomic mass is 10.2. The Kier molecular flexibility index (Phi) is 14.4. The summed E-state index contributed by atoms with van der Waals surface area (Å²) in [6, 6.07) is 0. The number of aliphatic hydroxyl groups excluding tert-OH is 3. The molecule has 0 spiro atoms. The molecule has 0 aromatic carbocycles. The highest BCUT2D eigenvalue weighted by molar-refractivity contribution is 5.84. The van der Waals surface area contributed by atoms with Crippen LogP contribution in [0.4, 0.5) is 0 Å². The summed E-state index contributed by atoms with van der Waals surface area (Å²) in [5.41, 5.74) is 5.11. The van der Waals surface area contributed by atoms with Crippen LogP contribution >= 0.6 is 0 Å². The van der Waals surface area contributed by atoms with Gasteiger partial charge in [0, 0.05) is 13.0 Å². The maximum atomic E-state index is 10.8. The van der Waals surface area contributed by atoms with Gasteiger partial charge in [0.25, 0.3) is 0 Å². The first-order valence-electron chi connectivity index (χ1n) is 5.97. The molecule has 0 rings (SSSR count). The van der Waals surface area contributed by atoms with Crippen LogP contribution in [0.5, 0.6) is 0 Å². The van der Waals surface area contributed by atoms with Gasteiger partial charge >= 0.3 is 11.9 Å². The molecule has 2 unspecified atom stereocenters.